The Morgan fingerprint density at radius 2 is 1.90 bits per heavy atom. The fraction of sp³-hybridized carbons (Fsp3) is 0.353. The van der Waals surface area contributed by atoms with Gasteiger partial charge in [0, 0.05) is 26.3 Å². The van der Waals surface area contributed by atoms with Gasteiger partial charge in [-0.3, -0.25) is 0 Å². The van der Waals surface area contributed by atoms with Gasteiger partial charge in [0.15, 0.2) is 5.11 Å². The zero-order valence-electron chi connectivity index (χ0n) is 12.4. The topological polar surface area (TPSA) is 33.3 Å². The largest absolute Gasteiger partial charge is 0.382 e. The zero-order chi connectivity index (χ0) is 14.9. The van der Waals surface area contributed by atoms with Crippen molar-refractivity contribution in [3.63, 3.8) is 0 Å². The first-order chi connectivity index (χ1) is 10.3. The molecule has 0 aromatic heterocycles. The summed E-state index contributed by atoms with van der Waals surface area (Å²) in [6.45, 7) is 5.11. The Hall–Kier alpha value is -1.65. The smallest absolute Gasteiger partial charge is 0.166 e. The highest BCUT2D eigenvalue weighted by Gasteiger charge is 2.01. The van der Waals surface area contributed by atoms with Crippen LogP contribution >= 0.6 is 12.2 Å². The van der Waals surface area contributed by atoms with E-state index in [0.717, 1.165) is 32.7 Å². The summed E-state index contributed by atoms with van der Waals surface area (Å²) >= 11 is 5.29. The Morgan fingerprint density at radius 3 is 2.76 bits per heavy atom. The Bertz CT molecular complexity index is 581. The van der Waals surface area contributed by atoms with Crippen LogP contribution in [0.5, 0.6) is 0 Å². The SMILES string of the molecule is CCOCCCNC(=S)NCc1cccc2ccccc12. The first kappa shape index (κ1) is 15.7. The summed E-state index contributed by atoms with van der Waals surface area (Å²) in [5.41, 5.74) is 1.26. The molecule has 0 heterocycles. The van der Waals surface area contributed by atoms with Crippen LogP contribution in [0.1, 0.15) is 18.9 Å². The molecule has 0 unspecified atom stereocenters. The van der Waals surface area contributed by atoms with Crippen LogP contribution in [-0.4, -0.2) is 24.9 Å². The Kier molecular flexibility index (Phi) is 6.44. The molecule has 0 aliphatic carbocycles. The van der Waals surface area contributed by atoms with E-state index < -0.39 is 0 Å². The van der Waals surface area contributed by atoms with Crippen molar-refractivity contribution in [2.24, 2.45) is 0 Å². The predicted octanol–water partition coefficient (Wildman–Crippen LogP) is 3.23. The summed E-state index contributed by atoms with van der Waals surface area (Å²) in [5, 5.41) is 9.68. The van der Waals surface area contributed by atoms with Crippen LogP contribution in [0, 0.1) is 0 Å². The van der Waals surface area contributed by atoms with E-state index in [4.69, 9.17) is 17.0 Å². The van der Waals surface area contributed by atoms with Gasteiger partial charge in [0.05, 0.1) is 0 Å². The maximum atomic E-state index is 5.29. The fourth-order valence-corrected chi connectivity index (χ4v) is 2.38. The predicted molar refractivity (Wildman–Crippen MR) is 92.5 cm³/mol. The summed E-state index contributed by atoms with van der Waals surface area (Å²) in [7, 11) is 0. The lowest BCUT2D eigenvalue weighted by molar-refractivity contribution is 0.145. The molecule has 3 nitrogen and oxygen atoms in total. The molecule has 2 aromatic rings. The summed E-state index contributed by atoms with van der Waals surface area (Å²) in [6, 6.07) is 14.7. The molecule has 21 heavy (non-hydrogen) atoms. The number of benzene rings is 2. The highest BCUT2D eigenvalue weighted by Crippen LogP contribution is 2.18. The quantitative estimate of drug-likeness (QED) is 0.608. The van der Waals surface area contributed by atoms with Gasteiger partial charge in [-0.05, 0) is 41.9 Å². The zero-order valence-corrected chi connectivity index (χ0v) is 13.2. The molecule has 2 aromatic carbocycles. The maximum Gasteiger partial charge on any atom is 0.166 e. The van der Waals surface area contributed by atoms with E-state index in [1.807, 2.05) is 6.92 Å². The highest BCUT2D eigenvalue weighted by atomic mass is 32.1. The lowest BCUT2D eigenvalue weighted by Crippen LogP contribution is -2.35. The lowest BCUT2D eigenvalue weighted by atomic mass is 10.0. The minimum atomic E-state index is 0.694. The second-order valence-electron chi connectivity index (χ2n) is 4.80. The van der Waals surface area contributed by atoms with E-state index in [9.17, 15) is 0 Å². The molecule has 2 N–H and O–H groups in total. The van der Waals surface area contributed by atoms with Crippen LogP contribution in [0.25, 0.3) is 10.8 Å². The molecule has 0 atom stereocenters. The van der Waals surface area contributed by atoms with Crippen LogP contribution in [0.3, 0.4) is 0 Å². The average Bonchev–Trinajstić information content (AvgIpc) is 2.52. The van der Waals surface area contributed by atoms with E-state index in [2.05, 4.69) is 53.1 Å². The first-order valence-electron chi connectivity index (χ1n) is 7.37. The molecule has 2 rings (SSSR count). The third-order valence-corrected chi connectivity index (χ3v) is 3.56. The van der Waals surface area contributed by atoms with Gasteiger partial charge in [-0.1, -0.05) is 42.5 Å². The average molecular weight is 302 g/mol. The molecule has 0 saturated heterocycles. The second-order valence-corrected chi connectivity index (χ2v) is 5.21. The van der Waals surface area contributed by atoms with E-state index >= 15 is 0 Å². The molecule has 0 spiro atoms. The molecular weight excluding hydrogens is 280 g/mol. The number of hydrogen-bond acceptors (Lipinski definition) is 2. The Morgan fingerprint density at radius 1 is 1.10 bits per heavy atom. The van der Waals surface area contributed by atoms with Gasteiger partial charge in [0.25, 0.3) is 0 Å². The molecule has 0 aliphatic rings. The summed E-state index contributed by atoms with van der Waals surface area (Å²) in [4.78, 5) is 0. The molecular formula is C17H22N2OS. The first-order valence-corrected chi connectivity index (χ1v) is 7.78. The molecule has 0 saturated carbocycles. The number of rotatable bonds is 7. The van der Waals surface area contributed by atoms with E-state index in [1.54, 1.807) is 0 Å². The van der Waals surface area contributed by atoms with Crippen molar-refractivity contribution in [3.05, 3.63) is 48.0 Å². The van der Waals surface area contributed by atoms with Crippen LogP contribution in [0.15, 0.2) is 42.5 Å². The number of hydrogen-bond donors (Lipinski definition) is 2. The van der Waals surface area contributed by atoms with Gasteiger partial charge < -0.3 is 15.4 Å². The molecule has 112 valence electrons. The van der Waals surface area contributed by atoms with Crippen LogP contribution in [0.4, 0.5) is 0 Å². The molecule has 4 heteroatoms. The van der Waals surface area contributed by atoms with Crippen molar-refractivity contribution in [2.75, 3.05) is 19.8 Å². The van der Waals surface area contributed by atoms with Crippen molar-refractivity contribution in [1.82, 2.24) is 10.6 Å². The summed E-state index contributed by atoms with van der Waals surface area (Å²) < 4.78 is 5.29. The van der Waals surface area contributed by atoms with Gasteiger partial charge in [-0.25, -0.2) is 0 Å². The van der Waals surface area contributed by atoms with Crippen molar-refractivity contribution >= 4 is 28.1 Å². The lowest BCUT2D eigenvalue weighted by Gasteiger charge is -2.12. The minimum absolute atomic E-state index is 0.694. The Labute approximate surface area is 131 Å². The van der Waals surface area contributed by atoms with Crippen LogP contribution < -0.4 is 10.6 Å². The normalized spacial score (nSPS) is 10.5. The molecule has 0 fully saturated rings. The van der Waals surface area contributed by atoms with Gasteiger partial charge in [0.2, 0.25) is 0 Å². The van der Waals surface area contributed by atoms with Gasteiger partial charge >= 0.3 is 0 Å². The van der Waals surface area contributed by atoms with Crippen LogP contribution in [0.2, 0.25) is 0 Å². The van der Waals surface area contributed by atoms with E-state index in [0.29, 0.717) is 5.11 Å². The summed E-state index contributed by atoms with van der Waals surface area (Å²) in [6.07, 6.45) is 0.962. The van der Waals surface area contributed by atoms with Gasteiger partial charge in [-0.2, -0.15) is 0 Å². The molecule has 0 aliphatic heterocycles. The fourth-order valence-electron chi connectivity index (χ4n) is 2.21. The molecule has 0 amide bonds. The van der Waals surface area contributed by atoms with Crippen LogP contribution in [-0.2, 0) is 11.3 Å². The van der Waals surface area contributed by atoms with Crippen molar-refractivity contribution in [1.29, 1.82) is 0 Å². The number of nitrogens with one attached hydrogen (secondary N) is 2. The van der Waals surface area contributed by atoms with Crippen molar-refractivity contribution in [2.45, 2.75) is 19.9 Å². The van der Waals surface area contributed by atoms with Gasteiger partial charge in [0.1, 0.15) is 0 Å². The van der Waals surface area contributed by atoms with Crippen molar-refractivity contribution in [3.8, 4) is 0 Å². The van der Waals surface area contributed by atoms with Crippen molar-refractivity contribution < 1.29 is 4.74 Å². The molecule has 0 bridgehead atoms. The monoisotopic (exact) mass is 302 g/mol. The van der Waals surface area contributed by atoms with Gasteiger partial charge in [-0.15, -0.1) is 0 Å². The number of ether oxygens (including phenoxy) is 1. The third kappa shape index (κ3) is 4.99. The van der Waals surface area contributed by atoms with E-state index in [1.165, 1.54) is 16.3 Å². The number of fused-ring (bicyclic) bond motifs is 1. The Balaban J connectivity index is 1.80. The molecule has 0 radical (unpaired) electrons. The second kappa shape index (κ2) is 8.60. The minimum Gasteiger partial charge on any atom is -0.382 e. The maximum absolute atomic E-state index is 5.29. The third-order valence-electron chi connectivity index (χ3n) is 3.27. The summed E-state index contributed by atoms with van der Waals surface area (Å²) in [5.74, 6) is 0. The number of thiocarbonyl (C=S) groups is 1. The standard InChI is InChI=1S/C17H22N2OS/c1-2-20-12-6-11-18-17(21)19-13-15-9-5-8-14-7-3-4-10-16(14)15/h3-5,7-10H,2,6,11-13H2,1H3,(H2,18,19,21). The van der Waals surface area contributed by atoms with E-state index in [-0.39, 0.29) is 0 Å². The highest BCUT2D eigenvalue weighted by molar-refractivity contribution is 7.80.